The van der Waals surface area contributed by atoms with Crippen molar-refractivity contribution in [1.29, 1.82) is 5.26 Å². The largest absolute Gasteiger partial charge is 0.392 e. The molecule has 2 aromatic rings. The molecule has 1 unspecified atom stereocenters. The molecule has 1 aromatic heterocycles. The van der Waals surface area contributed by atoms with Gasteiger partial charge in [-0.3, -0.25) is 4.98 Å². The van der Waals surface area contributed by atoms with Crippen molar-refractivity contribution in [3.63, 3.8) is 0 Å². The summed E-state index contributed by atoms with van der Waals surface area (Å²) in [7, 11) is 0. The summed E-state index contributed by atoms with van der Waals surface area (Å²) in [4.78, 5) is 4.44. The number of fused-ring (bicyclic) bond motifs is 1. The maximum absolute atomic E-state index is 9.12. The number of pyridine rings is 1. The average molecular weight is 226 g/mol. The Morgan fingerprint density at radius 3 is 2.82 bits per heavy atom. The van der Waals surface area contributed by atoms with E-state index in [9.17, 15) is 0 Å². The van der Waals surface area contributed by atoms with Gasteiger partial charge in [0.05, 0.1) is 24.3 Å². The van der Waals surface area contributed by atoms with Gasteiger partial charge in [0.25, 0.3) is 0 Å². The summed E-state index contributed by atoms with van der Waals surface area (Å²) in [5.74, 6) is -0.212. The van der Waals surface area contributed by atoms with Crippen molar-refractivity contribution in [2.45, 2.75) is 26.4 Å². The Morgan fingerprint density at radius 2 is 2.18 bits per heavy atom. The Hall–Kier alpha value is -1.92. The molecular weight excluding hydrogens is 212 g/mol. The quantitative estimate of drug-likeness (QED) is 0.856. The van der Waals surface area contributed by atoms with E-state index in [4.69, 9.17) is 10.4 Å². The van der Waals surface area contributed by atoms with Gasteiger partial charge in [-0.1, -0.05) is 12.1 Å². The van der Waals surface area contributed by atoms with Gasteiger partial charge in [0.15, 0.2) is 0 Å². The number of hydrogen-bond donors (Lipinski definition) is 1. The maximum Gasteiger partial charge on any atom is 0.0857 e. The first-order chi connectivity index (χ1) is 8.15. The fourth-order valence-corrected chi connectivity index (χ4v) is 1.89. The van der Waals surface area contributed by atoms with Crippen LogP contribution in [0.25, 0.3) is 10.8 Å². The van der Waals surface area contributed by atoms with Crippen LogP contribution < -0.4 is 0 Å². The molecule has 0 fully saturated rings. The van der Waals surface area contributed by atoms with E-state index in [1.165, 1.54) is 0 Å². The summed E-state index contributed by atoms with van der Waals surface area (Å²) >= 11 is 0. The molecule has 0 aliphatic rings. The van der Waals surface area contributed by atoms with Gasteiger partial charge in [-0.25, -0.2) is 0 Å². The van der Waals surface area contributed by atoms with Crippen LogP contribution in [0, 0.1) is 18.3 Å². The van der Waals surface area contributed by atoms with Crippen LogP contribution in [0.2, 0.25) is 0 Å². The Balaban J connectivity index is 2.66. The second-order valence-corrected chi connectivity index (χ2v) is 4.20. The van der Waals surface area contributed by atoms with Crippen LogP contribution in [-0.2, 0) is 6.61 Å². The minimum Gasteiger partial charge on any atom is -0.392 e. The van der Waals surface area contributed by atoms with E-state index in [1.54, 1.807) is 0 Å². The van der Waals surface area contributed by atoms with Crippen molar-refractivity contribution >= 4 is 10.8 Å². The third-order valence-electron chi connectivity index (χ3n) is 2.93. The number of nitriles is 1. The predicted octanol–water partition coefficient (Wildman–Crippen LogP) is 2.66. The smallest absolute Gasteiger partial charge is 0.0857 e. The first kappa shape index (κ1) is 11.6. The van der Waals surface area contributed by atoms with E-state index in [0.717, 1.165) is 27.7 Å². The molecule has 0 amide bonds. The second kappa shape index (κ2) is 4.52. The summed E-state index contributed by atoms with van der Waals surface area (Å²) in [6.45, 7) is 3.80. The van der Waals surface area contributed by atoms with Crippen LogP contribution in [0.1, 0.15) is 29.8 Å². The van der Waals surface area contributed by atoms with Crippen LogP contribution in [0.15, 0.2) is 24.3 Å². The number of benzene rings is 1. The zero-order chi connectivity index (χ0) is 12.4. The van der Waals surface area contributed by atoms with E-state index >= 15 is 0 Å². The normalized spacial score (nSPS) is 12.4. The molecule has 1 N–H and O–H groups in total. The number of hydrogen-bond acceptors (Lipinski definition) is 3. The highest BCUT2D eigenvalue weighted by Gasteiger charge is 2.09. The van der Waals surface area contributed by atoms with Crippen molar-refractivity contribution in [2.75, 3.05) is 0 Å². The molecule has 1 atom stereocenters. The van der Waals surface area contributed by atoms with Crippen molar-refractivity contribution in [3.8, 4) is 6.07 Å². The topological polar surface area (TPSA) is 56.9 Å². The molecule has 1 heterocycles. The predicted molar refractivity (Wildman–Crippen MR) is 66.4 cm³/mol. The molecule has 0 saturated carbocycles. The van der Waals surface area contributed by atoms with Crippen molar-refractivity contribution in [3.05, 3.63) is 41.2 Å². The van der Waals surface area contributed by atoms with E-state index in [2.05, 4.69) is 11.1 Å². The summed E-state index contributed by atoms with van der Waals surface area (Å²) < 4.78 is 0. The molecule has 0 spiro atoms. The lowest BCUT2D eigenvalue weighted by Gasteiger charge is -2.08. The third-order valence-corrected chi connectivity index (χ3v) is 2.93. The van der Waals surface area contributed by atoms with Gasteiger partial charge in [0, 0.05) is 11.1 Å². The molecular formula is C14H14N2O. The summed E-state index contributed by atoms with van der Waals surface area (Å²) in [5.41, 5.74) is 2.58. The summed E-state index contributed by atoms with van der Waals surface area (Å²) in [5, 5.41) is 20.1. The van der Waals surface area contributed by atoms with Crippen LogP contribution in [0.4, 0.5) is 0 Å². The molecule has 0 saturated heterocycles. The first-order valence-electron chi connectivity index (χ1n) is 5.56. The number of nitrogens with zero attached hydrogens (tertiary/aromatic N) is 2. The van der Waals surface area contributed by atoms with Gasteiger partial charge in [-0.15, -0.1) is 0 Å². The van der Waals surface area contributed by atoms with Gasteiger partial charge in [0.1, 0.15) is 0 Å². The molecule has 0 bridgehead atoms. The highest BCUT2D eigenvalue weighted by atomic mass is 16.3. The number of aliphatic hydroxyl groups excluding tert-OH is 1. The summed E-state index contributed by atoms with van der Waals surface area (Å²) in [6, 6.07) is 9.91. The molecule has 86 valence electrons. The average Bonchev–Trinajstić information content (AvgIpc) is 2.36. The van der Waals surface area contributed by atoms with Gasteiger partial charge >= 0.3 is 0 Å². The SMILES string of the molecule is Cc1nc(C(C)C#N)cc2cc(CO)ccc12. The van der Waals surface area contributed by atoms with E-state index in [1.807, 2.05) is 38.1 Å². The number of rotatable bonds is 2. The summed E-state index contributed by atoms with van der Waals surface area (Å²) in [6.07, 6.45) is 0. The second-order valence-electron chi connectivity index (χ2n) is 4.20. The highest BCUT2D eigenvalue weighted by Crippen LogP contribution is 2.23. The third kappa shape index (κ3) is 2.13. The Labute approximate surface area is 100 Å². The zero-order valence-corrected chi connectivity index (χ0v) is 9.94. The van der Waals surface area contributed by atoms with Gasteiger partial charge < -0.3 is 5.11 Å². The lowest BCUT2D eigenvalue weighted by atomic mass is 10.0. The molecule has 17 heavy (non-hydrogen) atoms. The zero-order valence-electron chi connectivity index (χ0n) is 9.94. The molecule has 2 rings (SSSR count). The van der Waals surface area contributed by atoms with Crippen LogP contribution in [0.5, 0.6) is 0 Å². The Kier molecular flexibility index (Phi) is 3.08. The molecule has 1 aromatic carbocycles. The van der Waals surface area contributed by atoms with Crippen molar-refractivity contribution in [2.24, 2.45) is 0 Å². The van der Waals surface area contributed by atoms with Crippen LogP contribution in [0.3, 0.4) is 0 Å². The molecule has 3 heteroatoms. The van der Waals surface area contributed by atoms with Crippen molar-refractivity contribution < 1.29 is 5.11 Å². The van der Waals surface area contributed by atoms with Crippen molar-refractivity contribution in [1.82, 2.24) is 4.98 Å². The Morgan fingerprint density at radius 1 is 1.41 bits per heavy atom. The minimum absolute atomic E-state index is 0.0282. The monoisotopic (exact) mass is 226 g/mol. The van der Waals surface area contributed by atoms with Gasteiger partial charge in [-0.05, 0) is 36.9 Å². The lowest BCUT2D eigenvalue weighted by molar-refractivity contribution is 0.282. The fraction of sp³-hybridized carbons (Fsp3) is 0.286. The van der Waals surface area contributed by atoms with Gasteiger partial charge in [-0.2, -0.15) is 5.26 Å². The molecule has 0 aliphatic carbocycles. The highest BCUT2D eigenvalue weighted by molar-refractivity contribution is 5.85. The number of aliphatic hydroxyl groups is 1. The lowest BCUT2D eigenvalue weighted by Crippen LogP contribution is -1.97. The fourth-order valence-electron chi connectivity index (χ4n) is 1.89. The van der Waals surface area contributed by atoms with Crippen LogP contribution in [-0.4, -0.2) is 10.1 Å². The molecule has 0 radical (unpaired) electrons. The van der Waals surface area contributed by atoms with E-state index in [0.29, 0.717) is 0 Å². The van der Waals surface area contributed by atoms with E-state index in [-0.39, 0.29) is 12.5 Å². The number of aryl methyl sites for hydroxylation is 1. The Bertz CT molecular complexity index is 599. The van der Waals surface area contributed by atoms with Gasteiger partial charge in [0.2, 0.25) is 0 Å². The first-order valence-corrected chi connectivity index (χ1v) is 5.56. The molecule has 0 aliphatic heterocycles. The standard InChI is InChI=1S/C14H14N2O/c1-9(7-15)14-6-12-5-11(8-17)3-4-13(12)10(2)16-14/h3-6,9,17H,8H2,1-2H3. The molecule has 3 nitrogen and oxygen atoms in total. The number of aromatic nitrogens is 1. The van der Waals surface area contributed by atoms with Crippen LogP contribution >= 0.6 is 0 Å². The van der Waals surface area contributed by atoms with E-state index < -0.39 is 0 Å². The maximum atomic E-state index is 9.12. The minimum atomic E-state index is -0.212.